The molecule has 2 aromatic rings. The number of rotatable bonds is 6. The van der Waals surface area contributed by atoms with Gasteiger partial charge in [-0.1, -0.05) is 30.3 Å². The molecule has 2 saturated heterocycles. The van der Waals surface area contributed by atoms with Gasteiger partial charge in [0.25, 0.3) is 0 Å². The number of carbonyl (C=O) groups excluding carboxylic acids is 1. The first-order valence-corrected chi connectivity index (χ1v) is 10.5. The molecule has 3 heterocycles. The van der Waals surface area contributed by atoms with E-state index in [-0.39, 0.29) is 11.5 Å². The molecular weight excluding hydrogens is 364 g/mol. The molecule has 1 aromatic carbocycles. The summed E-state index contributed by atoms with van der Waals surface area (Å²) >= 11 is 0. The average Bonchev–Trinajstić information content (AvgIpc) is 3.22. The number of carbonyl (C=O) groups is 1. The van der Waals surface area contributed by atoms with Crippen molar-refractivity contribution in [3.8, 4) is 0 Å². The zero-order chi connectivity index (χ0) is 20.6. The molecule has 0 bridgehead atoms. The Morgan fingerprint density at radius 1 is 1.28 bits per heavy atom. The fourth-order valence-corrected chi connectivity index (χ4v) is 4.72. The summed E-state index contributed by atoms with van der Waals surface area (Å²) in [7, 11) is 4.12. The van der Waals surface area contributed by atoms with Crippen LogP contribution in [0.2, 0.25) is 0 Å². The molecule has 1 atom stereocenters. The molecule has 29 heavy (non-hydrogen) atoms. The zero-order valence-electron chi connectivity index (χ0n) is 18.0. The van der Waals surface area contributed by atoms with Gasteiger partial charge < -0.3 is 9.64 Å². The molecule has 4 rings (SSSR count). The summed E-state index contributed by atoms with van der Waals surface area (Å²) in [5.41, 5.74) is 4.57. The maximum Gasteiger partial charge on any atom is 0.223 e. The predicted octanol–water partition coefficient (Wildman–Crippen LogP) is 2.47. The van der Waals surface area contributed by atoms with Gasteiger partial charge in [0.15, 0.2) is 0 Å². The Hall–Kier alpha value is -2.18. The molecule has 6 heteroatoms. The van der Waals surface area contributed by atoms with Crippen LogP contribution in [0.5, 0.6) is 0 Å². The van der Waals surface area contributed by atoms with E-state index in [1.54, 1.807) is 0 Å². The summed E-state index contributed by atoms with van der Waals surface area (Å²) in [6.07, 6.45) is 2.30. The summed E-state index contributed by atoms with van der Waals surface area (Å²) in [5.74, 6) is 0.225. The van der Waals surface area contributed by atoms with Crippen LogP contribution in [0.25, 0.3) is 0 Å². The molecule has 2 aliphatic rings. The number of aromatic nitrogens is 2. The van der Waals surface area contributed by atoms with Crippen LogP contribution in [0.4, 0.5) is 0 Å². The lowest BCUT2D eigenvalue weighted by molar-refractivity contribution is -0.157. The van der Waals surface area contributed by atoms with E-state index in [9.17, 15) is 4.79 Å². The van der Waals surface area contributed by atoms with Crippen molar-refractivity contribution < 1.29 is 9.53 Å². The second-order valence-electron chi connectivity index (χ2n) is 8.78. The third-order valence-electron chi connectivity index (χ3n) is 6.65. The Labute approximate surface area is 173 Å². The van der Waals surface area contributed by atoms with E-state index in [1.165, 1.54) is 11.1 Å². The van der Waals surface area contributed by atoms with Gasteiger partial charge in [-0.3, -0.25) is 14.4 Å². The normalized spacial score (nSPS) is 20.4. The summed E-state index contributed by atoms with van der Waals surface area (Å²) in [4.78, 5) is 17.0. The van der Waals surface area contributed by atoms with Crippen molar-refractivity contribution in [3.05, 3.63) is 52.8 Å². The maximum absolute atomic E-state index is 12.7. The quantitative estimate of drug-likeness (QED) is 0.753. The highest BCUT2D eigenvalue weighted by Gasteiger charge is 2.51. The lowest BCUT2D eigenvalue weighted by atomic mass is 9.88. The number of ether oxygens (including phenoxy) is 1. The number of benzene rings is 1. The number of nitrogens with zero attached hydrogens (tertiary/aromatic N) is 4. The summed E-state index contributed by atoms with van der Waals surface area (Å²) in [6.45, 7) is 7.22. The van der Waals surface area contributed by atoms with Crippen molar-refractivity contribution in [2.45, 2.75) is 51.3 Å². The molecule has 0 N–H and O–H groups in total. The summed E-state index contributed by atoms with van der Waals surface area (Å²) < 4.78 is 8.08. The number of aryl methyl sites for hydroxylation is 2. The molecule has 1 amide bonds. The molecule has 1 aromatic heterocycles. The summed E-state index contributed by atoms with van der Waals surface area (Å²) in [5, 5.41) is 4.45. The van der Waals surface area contributed by atoms with E-state index in [2.05, 4.69) is 48.2 Å². The van der Waals surface area contributed by atoms with Crippen molar-refractivity contribution in [2.75, 3.05) is 26.7 Å². The second kappa shape index (κ2) is 7.92. The number of likely N-dealkylation sites (N-methyl/N-ethyl adjacent to an activating group) is 1. The van der Waals surface area contributed by atoms with Crippen LogP contribution in [-0.4, -0.2) is 63.9 Å². The first-order valence-electron chi connectivity index (χ1n) is 10.5. The highest BCUT2D eigenvalue weighted by Crippen LogP contribution is 2.37. The first kappa shape index (κ1) is 20.1. The number of likely N-dealkylation sites (tertiary alicyclic amines) is 1. The Balaban J connectivity index is 1.25. The minimum Gasteiger partial charge on any atom is -0.370 e. The Bertz CT molecular complexity index is 871. The van der Waals surface area contributed by atoms with Gasteiger partial charge in [-0.15, -0.1) is 0 Å². The van der Waals surface area contributed by atoms with E-state index in [0.29, 0.717) is 12.5 Å². The minimum atomic E-state index is -0.134. The van der Waals surface area contributed by atoms with Crippen LogP contribution >= 0.6 is 0 Å². The topological polar surface area (TPSA) is 50.6 Å². The van der Waals surface area contributed by atoms with Gasteiger partial charge >= 0.3 is 0 Å². The van der Waals surface area contributed by atoms with Crippen LogP contribution in [0, 0.1) is 13.8 Å². The zero-order valence-corrected chi connectivity index (χ0v) is 18.0. The van der Waals surface area contributed by atoms with Crippen molar-refractivity contribution in [2.24, 2.45) is 7.05 Å². The number of hydrogen-bond acceptors (Lipinski definition) is 4. The monoisotopic (exact) mass is 396 g/mol. The van der Waals surface area contributed by atoms with Crippen molar-refractivity contribution in [1.29, 1.82) is 0 Å². The molecule has 156 valence electrons. The smallest absolute Gasteiger partial charge is 0.223 e. The predicted molar refractivity (Wildman–Crippen MR) is 113 cm³/mol. The molecule has 0 radical (unpaired) electrons. The van der Waals surface area contributed by atoms with E-state index in [1.807, 2.05) is 29.6 Å². The fourth-order valence-electron chi connectivity index (χ4n) is 4.72. The maximum atomic E-state index is 12.7. The third-order valence-corrected chi connectivity index (χ3v) is 6.65. The van der Waals surface area contributed by atoms with Gasteiger partial charge in [-0.25, -0.2) is 0 Å². The SMILES string of the molecule is Cc1nn(C)c(C)c1CCC(=O)N1CC2(CC(N(C)Cc3ccccc3)CO2)C1. The molecule has 1 spiro atoms. The number of hydrogen-bond donors (Lipinski definition) is 0. The Kier molecular flexibility index (Phi) is 5.49. The minimum absolute atomic E-state index is 0.134. The van der Waals surface area contributed by atoms with Crippen LogP contribution < -0.4 is 0 Å². The van der Waals surface area contributed by atoms with Gasteiger partial charge in [0, 0.05) is 31.7 Å². The van der Waals surface area contributed by atoms with Crippen LogP contribution in [0.15, 0.2) is 30.3 Å². The standard InChI is InChI=1S/C23H32N4O2/c1-17-21(18(2)26(4)24-17)10-11-22(28)27-15-23(16-27)12-20(14-29-23)25(3)13-19-8-6-5-7-9-19/h5-9,20H,10-16H2,1-4H3. The Morgan fingerprint density at radius 3 is 2.66 bits per heavy atom. The Morgan fingerprint density at radius 2 is 2.00 bits per heavy atom. The van der Waals surface area contributed by atoms with Gasteiger partial charge in [-0.2, -0.15) is 5.10 Å². The van der Waals surface area contributed by atoms with Crippen LogP contribution in [0.1, 0.15) is 35.4 Å². The lowest BCUT2D eigenvalue weighted by Crippen LogP contribution is -2.63. The van der Waals surface area contributed by atoms with Gasteiger partial charge in [-0.05, 0) is 44.9 Å². The molecule has 0 aliphatic carbocycles. The first-order chi connectivity index (χ1) is 13.9. The van der Waals surface area contributed by atoms with E-state index < -0.39 is 0 Å². The second-order valence-corrected chi connectivity index (χ2v) is 8.78. The van der Waals surface area contributed by atoms with E-state index in [4.69, 9.17) is 4.74 Å². The largest absolute Gasteiger partial charge is 0.370 e. The molecular formula is C23H32N4O2. The average molecular weight is 397 g/mol. The lowest BCUT2D eigenvalue weighted by Gasteiger charge is -2.47. The van der Waals surface area contributed by atoms with Gasteiger partial charge in [0.05, 0.1) is 25.4 Å². The third kappa shape index (κ3) is 4.09. The molecule has 2 fully saturated rings. The fraction of sp³-hybridized carbons (Fsp3) is 0.565. The van der Waals surface area contributed by atoms with Crippen molar-refractivity contribution in [3.63, 3.8) is 0 Å². The van der Waals surface area contributed by atoms with Gasteiger partial charge in [0.2, 0.25) is 5.91 Å². The molecule has 2 aliphatic heterocycles. The van der Waals surface area contributed by atoms with Crippen molar-refractivity contribution in [1.82, 2.24) is 19.6 Å². The van der Waals surface area contributed by atoms with Crippen LogP contribution in [0.3, 0.4) is 0 Å². The van der Waals surface area contributed by atoms with Gasteiger partial charge in [0.1, 0.15) is 5.60 Å². The highest BCUT2D eigenvalue weighted by molar-refractivity contribution is 5.77. The molecule has 6 nitrogen and oxygen atoms in total. The van der Waals surface area contributed by atoms with E-state index >= 15 is 0 Å². The van der Waals surface area contributed by atoms with Crippen LogP contribution in [-0.2, 0) is 29.5 Å². The van der Waals surface area contributed by atoms with E-state index in [0.717, 1.165) is 50.5 Å². The summed E-state index contributed by atoms with van der Waals surface area (Å²) in [6, 6.07) is 11.0. The number of amides is 1. The molecule has 1 unspecified atom stereocenters. The molecule has 0 saturated carbocycles. The highest BCUT2D eigenvalue weighted by atomic mass is 16.5. The van der Waals surface area contributed by atoms with Crippen molar-refractivity contribution >= 4 is 5.91 Å².